The van der Waals surface area contributed by atoms with Gasteiger partial charge in [0.25, 0.3) is 0 Å². The highest BCUT2D eigenvalue weighted by molar-refractivity contribution is 4.78. The average molecular weight is 148 g/mol. The maximum Gasteiger partial charge on any atom is 0.206 e. The lowest BCUT2D eigenvalue weighted by molar-refractivity contribution is -0.142. The van der Waals surface area contributed by atoms with E-state index < -0.39 is 5.85 Å². The topological polar surface area (TPSA) is 20.2 Å². The molecule has 0 saturated heterocycles. The van der Waals surface area contributed by atoms with Gasteiger partial charge in [-0.2, -0.15) is 0 Å². The zero-order valence-corrected chi connectivity index (χ0v) is 7.40. The summed E-state index contributed by atoms with van der Waals surface area (Å²) < 4.78 is 12.8. The molecule has 0 aromatic heterocycles. The first kappa shape index (κ1) is 9.89. The zero-order chi connectivity index (χ0) is 8.58. The van der Waals surface area contributed by atoms with E-state index in [0.717, 1.165) is 0 Å². The second kappa shape index (κ2) is 2.50. The van der Waals surface area contributed by atoms with Gasteiger partial charge in [-0.15, -0.1) is 0 Å². The average Bonchev–Trinajstić information content (AvgIpc) is 1.59. The molecule has 0 aromatic rings. The minimum atomic E-state index is -2.06. The van der Waals surface area contributed by atoms with E-state index in [1.165, 1.54) is 6.92 Å². The minimum absolute atomic E-state index is 0.182. The summed E-state index contributed by atoms with van der Waals surface area (Å²) in [7, 11) is 0. The maximum atomic E-state index is 12.8. The number of aliphatic hydroxyl groups is 1. The molecule has 0 aliphatic rings. The van der Waals surface area contributed by atoms with Gasteiger partial charge in [-0.3, -0.25) is 0 Å². The fourth-order valence-corrected chi connectivity index (χ4v) is 0.790. The van der Waals surface area contributed by atoms with Gasteiger partial charge in [-0.25, -0.2) is 4.39 Å². The molecule has 0 saturated carbocycles. The van der Waals surface area contributed by atoms with Gasteiger partial charge in [0.1, 0.15) is 0 Å². The van der Waals surface area contributed by atoms with Crippen molar-refractivity contribution in [3.63, 3.8) is 0 Å². The fourth-order valence-electron chi connectivity index (χ4n) is 0.790. The van der Waals surface area contributed by atoms with Crippen molar-refractivity contribution in [3.05, 3.63) is 0 Å². The molecule has 0 aliphatic heterocycles. The summed E-state index contributed by atoms with van der Waals surface area (Å²) in [4.78, 5) is 0. The van der Waals surface area contributed by atoms with E-state index in [1.807, 2.05) is 20.8 Å². The molecule has 62 valence electrons. The second-order valence-electron chi connectivity index (χ2n) is 4.11. The van der Waals surface area contributed by atoms with Crippen molar-refractivity contribution in [1.29, 1.82) is 0 Å². The Morgan fingerprint density at radius 3 is 1.50 bits per heavy atom. The Kier molecular flexibility index (Phi) is 2.47. The highest BCUT2D eigenvalue weighted by Crippen LogP contribution is 2.34. The Morgan fingerprint density at radius 1 is 1.20 bits per heavy atom. The smallest absolute Gasteiger partial charge is 0.206 e. The normalized spacial score (nSPS) is 21.9. The first-order valence-electron chi connectivity index (χ1n) is 3.57. The summed E-state index contributed by atoms with van der Waals surface area (Å²) in [5, 5.41) is 8.96. The Bertz CT molecular complexity index is 93.4. The number of halogens is 1. The van der Waals surface area contributed by atoms with E-state index in [2.05, 4.69) is 0 Å². The zero-order valence-electron chi connectivity index (χ0n) is 7.40. The van der Waals surface area contributed by atoms with Gasteiger partial charge in [0, 0.05) is 5.92 Å². The molecule has 0 rings (SSSR count). The maximum absolute atomic E-state index is 12.8. The van der Waals surface area contributed by atoms with Gasteiger partial charge in [0.05, 0.1) is 0 Å². The van der Waals surface area contributed by atoms with Gasteiger partial charge in [0.15, 0.2) is 0 Å². The molecule has 0 radical (unpaired) electrons. The second-order valence-corrected chi connectivity index (χ2v) is 4.11. The van der Waals surface area contributed by atoms with Crippen molar-refractivity contribution in [2.45, 2.75) is 40.5 Å². The van der Waals surface area contributed by atoms with Crippen LogP contribution in [0.5, 0.6) is 0 Å². The van der Waals surface area contributed by atoms with Crippen LogP contribution in [0.1, 0.15) is 34.6 Å². The van der Waals surface area contributed by atoms with Gasteiger partial charge in [0.2, 0.25) is 5.85 Å². The lowest BCUT2D eigenvalue weighted by Crippen LogP contribution is -2.36. The molecule has 0 amide bonds. The van der Waals surface area contributed by atoms with Crippen molar-refractivity contribution in [3.8, 4) is 0 Å². The van der Waals surface area contributed by atoms with Crippen LogP contribution in [0.25, 0.3) is 0 Å². The molecule has 1 unspecified atom stereocenters. The summed E-state index contributed by atoms with van der Waals surface area (Å²) in [6.07, 6.45) is 0. The van der Waals surface area contributed by atoms with Crippen molar-refractivity contribution in [2.24, 2.45) is 11.3 Å². The molecule has 2 heteroatoms. The molecular weight excluding hydrogens is 131 g/mol. The lowest BCUT2D eigenvalue weighted by atomic mass is 9.78. The lowest BCUT2D eigenvalue weighted by Gasteiger charge is -2.33. The Balaban J connectivity index is 4.23. The molecule has 0 fully saturated rings. The van der Waals surface area contributed by atoms with Gasteiger partial charge < -0.3 is 5.11 Å². The first-order valence-corrected chi connectivity index (χ1v) is 3.57. The monoisotopic (exact) mass is 148 g/mol. The molecule has 1 nitrogen and oxygen atoms in total. The third-order valence-electron chi connectivity index (χ3n) is 2.09. The highest BCUT2D eigenvalue weighted by atomic mass is 19.2. The van der Waals surface area contributed by atoms with Gasteiger partial charge >= 0.3 is 0 Å². The fraction of sp³-hybridized carbons (Fsp3) is 1.00. The number of alkyl halides is 1. The molecule has 2 atom stereocenters. The number of hydrogen-bond acceptors (Lipinski definition) is 1. The van der Waals surface area contributed by atoms with Crippen LogP contribution in [0.15, 0.2) is 0 Å². The van der Waals surface area contributed by atoms with Crippen LogP contribution in [-0.4, -0.2) is 11.0 Å². The summed E-state index contributed by atoms with van der Waals surface area (Å²) in [5.74, 6) is -2.40. The molecule has 0 spiro atoms. The molecule has 0 bridgehead atoms. The molecule has 10 heavy (non-hydrogen) atoms. The third kappa shape index (κ3) is 2.65. The largest absolute Gasteiger partial charge is 0.362 e. The van der Waals surface area contributed by atoms with E-state index in [1.54, 1.807) is 6.92 Å². The van der Waals surface area contributed by atoms with E-state index in [9.17, 15) is 4.39 Å². The Morgan fingerprint density at radius 2 is 1.50 bits per heavy atom. The van der Waals surface area contributed by atoms with Crippen molar-refractivity contribution in [2.75, 3.05) is 0 Å². The van der Waals surface area contributed by atoms with Crippen LogP contribution in [0, 0.1) is 11.3 Å². The van der Waals surface area contributed by atoms with Crippen LogP contribution in [0.3, 0.4) is 0 Å². The molecule has 0 aliphatic carbocycles. The third-order valence-corrected chi connectivity index (χ3v) is 2.09. The standard InChI is InChI=1S/C8H17FO/c1-6(7(2,3)4)8(5,9)10/h6,10H,1-5H3/t6-,8?/m1/s1. The van der Waals surface area contributed by atoms with Crippen LogP contribution in [-0.2, 0) is 0 Å². The van der Waals surface area contributed by atoms with Crippen molar-refractivity contribution >= 4 is 0 Å². The molecular formula is C8H17FO. The van der Waals surface area contributed by atoms with E-state index in [-0.39, 0.29) is 11.3 Å². The molecule has 0 aromatic carbocycles. The summed E-state index contributed by atoms with van der Waals surface area (Å²) >= 11 is 0. The Hall–Kier alpha value is -0.110. The number of hydrogen-bond donors (Lipinski definition) is 1. The SMILES string of the molecule is C[C@H](C(C)(C)C)C(C)(O)F. The van der Waals surface area contributed by atoms with Gasteiger partial charge in [-0.05, 0) is 12.3 Å². The van der Waals surface area contributed by atoms with E-state index >= 15 is 0 Å². The quantitative estimate of drug-likeness (QED) is 0.605. The summed E-state index contributed by atoms with van der Waals surface area (Å²) in [6.45, 7) is 8.63. The number of rotatable bonds is 1. The van der Waals surface area contributed by atoms with Crippen molar-refractivity contribution in [1.82, 2.24) is 0 Å². The molecule has 1 N–H and O–H groups in total. The van der Waals surface area contributed by atoms with Gasteiger partial charge in [-0.1, -0.05) is 27.7 Å². The van der Waals surface area contributed by atoms with Crippen LogP contribution in [0.4, 0.5) is 4.39 Å². The summed E-state index contributed by atoms with van der Waals surface area (Å²) in [5.41, 5.74) is -0.182. The van der Waals surface area contributed by atoms with Crippen LogP contribution >= 0.6 is 0 Å². The highest BCUT2D eigenvalue weighted by Gasteiger charge is 2.36. The summed E-state index contributed by atoms with van der Waals surface area (Å²) in [6, 6.07) is 0. The predicted molar refractivity (Wildman–Crippen MR) is 40.4 cm³/mol. The van der Waals surface area contributed by atoms with Crippen molar-refractivity contribution < 1.29 is 9.50 Å². The predicted octanol–water partition coefficient (Wildman–Crippen LogP) is 2.35. The minimum Gasteiger partial charge on any atom is -0.362 e. The van der Waals surface area contributed by atoms with E-state index in [0.29, 0.717) is 0 Å². The first-order chi connectivity index (χ1) is 4.15. The Labute approximate surface area is 62.3 Å². The van der Waals surface area contributed by atoms with Crippen LogP contribution < -0.4 is 0 Å². The molecule has 0 heterocycles. The van der Waals surface area contributed by atoms with E-state index in [4.69, 9.17) is 5.11 Å². The van der Waals surface area contributed by atoms with Crippen LogP contribution in [0.2, 0.25) is 0 Å².